The number of nitrogens with two attached hydrogens (primary N) is 1. The predicted octanol–water partition coefficient (Wildman–Crippen LogP) is 2.21. The summed E-state index contributed by atoms with van der Waals surface area (Å²) in [6.45, 7) is 0.562. The molecule has 0 aliphatic carbocycles. The van der Waals surface area contributed by atoms with E-state index >= 15 is 0 Å². The number of aromatic nitrogens is 3. The number of pyridine rings is 1. The first-order valence-corrected chi connectivity index (χ1v) is 6.81. The highest BCUT2D eigenvalue weighted by Crippen LogP contribution is 2.18. The number of benzene rings is 1. The van der Waals surface area contributed by atoms with Crippen LogP contribution < -0.4 is 5.73 Å². The highest BCUT2D eigenvalue weighted by molar-refractivity contribution is 5.76. The van der Waals surface area contributed by atoms with Crippen LogP contribution in [0.4, 0.5) is 0 Å². The van der Waals surface area contributed by atoms with Crippen molar-refractivity contribution in [1.82, 2.24) is 14.5 Å². The Balaban J connectivity index is 1.86. The average molecular weight is 266 g/mol. The van der Waals surface area contributed by atoms with Crippen LogP contribution >= 0.6 is 0 Å². The van der Waals surface area contributed by atoms with Crippen molar-refractivity contribution in [3.05, 3.63) is 59.7 Å². The third-order valence-electron chi connectivity index (χ3n) is 3.63. The van der Waals surface area contributed by atoms with E-state index in [-0.39, 0.29) is 0 Å². The second-order valence-corrected chi connectivity index (χ2v) is 4.98. The Labute approximate surface area is 118 Å². The van der Waals surface area contributed by atoms with Gasteiger partial charge in [-0.2, -0.15) is 0 Å². The summed E-state index contributed by atoms with van der Waals surface area (Å²) in [7, 11) is 2.06. The first-order valence-electron chi connectivity index (χ1n) is 6.81. The molecule has 2 heterocycles. The van der Waals surface area contributed by atoms with Crippen LogP contribution in [-0.4, -0.2) is 14.5 Å². The number of hydrogen-bond donors (Lipinski definition) is 1. The lowest BCUT2D eigenvalue weighted by Crippen LogP contribution is -2.01. The van der Waals surface area contributed by atoms with Gasteiger partial charge in [0.15, 0.2) is 0 Å². The monoisotopic (exact) mass is 266 g/mol. The van der Waals surface area contributed by atoms with Gasteiger partial charge in [-0.3, -0.25) is 4.98 Å². The lowest BCUT2D eigenvalue weighted by atomic mass is 10.1. The van der Waals surface area contributed by atoms with E-state index in [1.54, 1.807) is 6.20 Å². The second-order valence-electron chi connectivity index (χ2n) is 4.98. The zero-order valence-corrected chi connectivity index (χ0v) is 11.6. The topological polar surface area (TPSA) is 56.7 Å². The van der Waals surface area contributed by atoms with Crippen molar-refractivity contribution in [2.75, 3.05) is 0 Å². The molecular weight excluding hydrogens is 248 g/mol. The lowest BCUT2D eigenvalue weighted by molar-refractivity contribution is 0.785. The van der Waals surface area contributed by atoms with Crippen LogP contribution in [0.15, 0.2) is 42.7 Å². The van der Waals surface area contributed by atoms with Crippen molar-refractivity contribution in [1.29, 1.82) is 0 Å². The molecule has 0 unspecified atom stereocenters. The summed E-state index contributed by atoms with van der Waals surface area (Å²) in [5.41, 5.74) is 10.3. The van der Waals surface area contributed by atoms with Gasteiger partial charge < -0.3 is 10.3 Å². The molecule has 0 radical (unpaired) electrons. The van der Waals surface area contributed by atoms with Crippen molar-refractivity contribution >= 4 is 11.0 Å². The number of rotatable bonds is 4. The first-order chi connectivity index (χ1) is 9.78. The Hall–Kier alpha value is -2.20. The molecule has 2 aromatic heterocycles. The van der Waals surface area contributed by atoms with Crippen LogP contribution in [0.2, 0.25) is 0 Å². The average Bonchev–Trinajstić information content (AvgIpc) is 2.82. The zero-order chi connectivity index (χ0) is 13.9. The van der Waals surface area contributed by atoms with E-state index in [9.17, 15) is 0 Å². The summed E-state index contributed by atoms with van der Waals surface area (Å²) in [6, 6.07) is 10.3. The Morgan fingerprint density at radius 2 is 2.05 bits per heavy atom. The fourth-order valence-electron chi connectivity index (χ4n) is 2.44. The van der Waals surface area contributed by atoms with Gasteiger partial charge in [-0.25, -0.2) is 4.98 Å². The molecule has 0 bridgehead atoms. The zero-order valence-electron chi connectivity index (χ0n) is 11.6. The van der Waals surface area contributed by atoms with E-state index < -0.39 is 0 Å². The molecule has 0 fully saturated rings. The van der Waals surface area contributed by atoms with Crippen LogP contribution in [0.3, 0.4) is 0 Å². The van der Waals surface area contributed by atoms with Crippen LogP contribution in [0.5, 0.6) is 0 Å². The Bertz CT molecular complexity index is 716. The highest BCUT2D eigenvalue weighted by Gasteiger charge is 2.08. The lowest BCUT2D eigenvalue weighted by Gasteiger charge is -2.03. The largest absolute Gasteiger partial charge is 0.331 e. The minimum atomic E-state index is 0.562. The summed E-state index contributed by atoms with van der Waals surface area (Å²) in [5.74, 6) is 1.10. The quantitative estimate of drug-likeness (QED) is 0.787. The Morgan fingerprint density at radius 3 is 2.80 bits per heavy atom. The number of hydrogen-bond acceptors (Lipinski definition) is 3. The smallest absolute Gasteiger partial charge is 0.109 e. The molecule has 0 atom stereocenters. The van der Waals surface area contributed by atoms with Crippen LogP contribution in [0.25, 0.3) is 11.0 Å². The Morgan fingerprint density at radius 1 is 1.15 bits per heavy atom. The van der Waals surface area contributed by atoms with Crippen molar-refractivity contribution < 1.29 is 0 Å². The summed E-state index contributed by atoms with van der Waals surface area (Å²) in [4.78, 5) is 8.85. The fourth-order valence-corrected chi connectivity index (χ4v) is 2.44. The summed E-state index contributed by atoms with van der Waals surface area (Å²) in [5, 5.41) is 0. The van der Waals surface area contributed by atoms with Crippen molar-refractivity contribution in [3.63, 3.8) is 0 Å². The molecule has 0 aliphatic rings. The van der Waals surface area contributed by atoms with E-state index in [0.29, 0.717) is 6.54 Å². The molecule has 0 saturated heterocycles. The molecule has 2 N–H and O–H groups in total. The van der Waals surface area contributed by atoms with Crippen molar-refractivity contribution in [2.45, 2.75) is 19.4 Å². The van der Waals surface area contributed by atoms with E-state index in [1.165, 1.54) is 5.56 Å². The molecule has 4 nitrogen and oxygen atoms in total. The second kappa shape index (κ2) is 5.43. The van der Waals surface area contributed by atoms with E-state index in [4.69, 9.17) is 10.7 Å². The van der Waals surface area contributed by atoms with Gasteiger partial charge in [-0.1, -0.05) is 12.1 Å². The van der Waals surface area contributed by atoms with Gasteiger partial charge in [0.2, 0.25) is 0 Å². The summed E-state index contributed by atoms with van der Waals surface area (Å²) >= 11 is 0. The maximum atomic E-state index is 5.70. The van der Waals surface area contributed by atoms with Gasteiger partial charge in [0.1, 0.15) is 5.82 Å². The van der Waals surface area contributed by atoms with Gasteiger partial charge in [0, 0.05) is 32.4 Å². The number of nitrogens with zero attached hydrogens (tertiary/aromatic N) is 3. The SMILES string of the molecule is Cn1c(CCc2cccnc2)nc2ccc(CN)cc21. The van der Waals surface area contributed by atoms with Gasteiger partial charge >= 0.3 is 0 Å². The van der Waals surface area contributed by atoms with Crippen molar-refractivity contribution in [2.24, 2.45) is 12.8 Å². The highest BCUT2D eigenvalue weighted by atomic mass is 15.1. The fraction of sp³-hybridized carbons (Fsp3) is 0.250. The van der Waals surface area contributed by atoms with Gasteiger partial charge in [-0.15, -0.1) is 0 Å². The van der Waals surface area contributed by atoms with Crippen LogP contribution in [0.1, 0.15) is 17.0 Å². The maximum Gasteiger partial charge on any atom is 0.109 e. The molecule has 0 spiro atoms. The van der Waals surface area contributed by atoms with E-state index in [2.05, 4.69) is 28.7 Å². The van der Waals surface area contributed by atoms with E-state index in [0.717, 1.165) is 35.3 Å². The molecule has 0 aliphatic heterocycles. The van der Waals surface area contributed by atoms with Gasteiger partial charge in [0.05, 0.1) is 11.0 Å². The third kappa shape index (κ3) is 2.42. The molecule has 1 aromatic carbocycles. The standard InChI is InChI=1S/C16H18N4/c1-20-15-9-13(10-17)4-6-14(15)19-16(20)7-5-12-3-2-8-18-11-12/h2-4,6,8-9,11H,5,7,10,17H2,1H3. The summed E-state index contributed by atoms with van der Waals surface area (Å²) < 4.78 is 2.16. The van der Waals surface area contributed by atoms with E-state index in [1.807, 2.05) is 24.4 Å². The predicted molar refractivity (Wildman–Crippen MR) is 80.3 cm³/mol. The van der Waals surface area contributed by atoms with Gasteiger partial charge in [0.25, 0.3) is 0 Å². The minimum Gasteiger partial charge on any atom is -0.331 e. The molecule has 20 heavy (non-hydrogen) atoms. The molecule has 3 rings (SSSR count). The maximum absolute atomic E-state index is 5.70. The molecule has 0 amide bonds. The molecule has 0 saturated carbocycles. The van der Waals surface area contributed by atoms with Crippen molar-refractivity contribution in [3.8, 4) is 0 Å². The Kier molecular flexibility index (Phi) is 3.48. The number of imidazole rings is 1. The molecular formula is C16H18N4. The van der Waals surface area contributed by atoms with Crippen LogP contribution in [-0.2, 0) is 26.4 Å². The first kappa shape index (κ1) is 12.8. The molecule has 102 valence electrons. The molecule has 4 heteroatoms. The number of fused-ring (bicyclic) bond motifs is 1. The van der Waals surface area contributed by atoms with Gasteiger partial charge in [-0.05, 0) is 35.7 Å². The van der Waals surface area contributed by atoms with Crippen LogP contribution in [0, 0.1) is 0 Å². The minimum absolute atomic E-state index is 0.562. The number of aryl methyl sites for hydroxylation is 3. The summed E-state index contributed by atoms with van der Waals surface area (Å²) in [6.07, 6.45) is 5.58. The normalized spacial score (nSPS) is 11.1. The molecule has 3 aromatic rings. The third-order valence-corrected chi connectivity index (χ3v) is 3.63.